The molecule has 0 nitrogen and oxygen atoms in total. The smallest absolute Gasteiger partial charge is 0.0159 e. The maximum Gasteiger partial charge on any atom is 0.0159 e. The molecule has 0 heteroatoms. The Morgan fingerprint density at radius 1 is 0.389 bits per heavy atom. The maximum atomic E-state index is 2.48. The predicted octanol–water partition coefficient (Wildman–Crippen LogP) is 19.6. The monoisotopic (exact) mass is 922 g/mol. The van der Waals surface area contributed by atoms with Crippen molar-refractivity contribution in [3.63, 3.8) is 0 Å². The van der Waals surface area contributed by atoms with E-state index < -0.39 is 0 Å². The van der Waals surface area contributed by atoms with Gasteiger partial charge >= 0.3 is 0 Å². The van der Waals surface area contributed by atoms with Gasteiger partial charge in [-0.2, -0.15) is 0 Å². The van der Waals surface area contributed by atoms with Crippen molar-refractivity contribution in [1.29, 1.82) is 0 Å². The van der Waals surface area contributed by atoms with E-state index in [4.69, 9.17) is 0 Å². The second-order valence-electron chi connectivity index (χ2n) is 23.2. The Bertz CT molecular complexity index is 4040. The maximum absolute atomic E-state index is 2.48. The van der Waals surface area contributed by atoms with Gasteiger partial charge in [-0.15, -0.1) is 0 Å². The summed E-state index contributed by atoms with van der Waals surface area (Å²) in [6, 6.07) is 65.9. The van der Waals surface area contributed by atoms with Crippen LogP contribution in [0.2, 0.25) is 0 Å². The Labute approximate surface area is 424 Å². The molecule has 346 valence electrons. The molecule has 0 spiro atoms. The summed E-state index contributed by atoms with van der Waals surface area (Å²) in [6.07, 6.45) is 14.7. The minimum Gasteiger partial charge on any atom is -0.0836 e. The Morgan fingerprint density at radius 3 is 1.35 bits per heavy atom. The lowest BCUT2D eigenvalue weighted by atomic mass is 9.79. The van der Waals surface area contributed by atoms with E-state index >= 15 is 0 Å². The van der Waals surface area contributed by atoms with Crippen molar-refractivity contribution in [3.8, 4) is 66.8 Å². The fraction of sp³-hybridized carbons (Fsp3) is 0.167. The van der Waals surface area contributed by atoms with Crippen molar-refractivity contribution in [1.82, 2.24) is 0 Å². The van der Waals surface area contributed by atoms with Crippen molar-refractivity contribution in [2.24, 2.45) is 5.92 Å². The summed E-state index contributed by atoms with van der Waals surface area (Å²) >= 11 is 0. The van der Waals surface area contributed by atoms with E-state index in [-0.39, 0.29) is 16.2 Å². The average molecular weight is 923 g/mol. The molecule has 0 saturated carbocycles. The number of benzene rings is 10. The van der Waals surface area contributed by atoms with Crippen LogP contribution in [0.5, 0.6) is 0 Å². The molecular weight excluding hydrogens is 865 g/mol. The summed E-state index contributed by atoms with van der Waals surface area (Å²) in [6.45, 7) is 16.5. The van der Waals surface area contributed by atoms with Gasteiger partial charge in [0.1, 0.15) is 0 Å². The Balaban J connectivity index is 0.732. The molecule has 0 fully saturated rings. The van der Waals surface area contributed by atoms with Gasteiger partial charge in [0, 0.05) is 16.7 Å². The van der Waals surface area contributed by atoms with Crippen LogP contribution in [0.1, 0.15) is 88.3 Å². The minimum atomic E-state index is -0.149. The molecule has 0 amide bonds. The van der Waals surface area contributed by atoms with Crippen LogP contribution in [0, 0.1) is 5.92 Å². The SMILES string of the molecule is CC(C)(C)c1cc2ccc3ccc(-c4ccc(-c5ccc6c(c5)C(C)(C)c5cc(-c7ccc8c(c7)C(C)(C)c7cc(-c9ccc(C%10=CC=CC%11CC=CC=C%10%11)cc9)ccc7-8)ccc5-6)cc4)c4ccc(c1)c2c34. The first-order chi connectivity index (χ1) is 34.8. The highest BCUT2D eigenvalue weighted by atomic mass is 14.4. The highest BCUT2D eigenvalue weighted by molar-refractivity contribution is 6.25. The molecule has 0 N–H and O–H groups in total. The molecule has 1 unspecified atom stereocenters. The van der Waals surface area contributed by atoms with E-state index in [1.807, 2.05) is 0 Å². The summed E-state index contributed by atoms with van der Waals surface area (Å²) in [5.41, 5.74) is 26.3. The molecule has 10 aromatic carbocycles. The van der Waals surface area contributed by atoms with Crippen molar-refractivity contribution >= 4 is 37.9 Å². The highest BCUT2D eigenvalue weighted by Gasteiger charge is 2.38. The van der Waals surface area contributed by atoms with E-state index in [1.54, 1.807) is 0 Å². The van der Waals surface area contributed by atoms with Gasteiger partial charge in [-0.3, -0.25) is 0 Å². The highest BCUT2D eigenvalue weighted by Crippen LogP contribution is 2.54. The number of hydrogen-bond donors (Lipinski definition) is 0. The van der Waals surface area contributed by atoms with E-state index in [0.29, 0.717) is 5.92 Å². The van der Waals surface area contributed by atoms with Crippen LogP contribution >= 0.6 is 0 Å². The minimum absolute atomic E-state index is 0.0962. The lowest BCUT2D eigenvalue weighted by molar-refractivity contribution is 0.591. The molecule has 0 radical (unpaired) electrons. The van der Waals surface area contributed by atoms with E-state index in [1.165, 1.54) is 144 Å². The zero-order chi connectivity index (χ0) is 48.8. The van der Waals surface area contributed by atoms with Crippen LogP contribution in [0.4, 0.5) is 0 Å². The van der Waals surface area contributed by atoms with Gasteiger partial charge in [0.05, 0.1) is 0 Å². The first kappa shape index (κ1) is 43.0. The number of fused-ring (bicyclic) bond motifs is 7. The molecule has 0 saturated heterocycles. The average Bonchev–Trinajstić information content (AvgIpc) is 3.77. The van der Waals surface area contributed by atoms with Gasteiger partial charge < -0.3 is 0 Å². The second kappa shape index (κ2) is 15.4. The summed E-state index contributed by atoms with van der Waals surface area (Å²) in [4.78, 5) is 0. The van der Waals surface area contributed by atoms with Gasteiger partial charge in [0.15, 0.2) is 0 Å². The Hall–Kier alpha value is -7.80. The first-order valence-corrected chi connectivity index (χ1v) is 26.1. The molecule has 4 aliphatic rings. The van der Waals surface area contributed by atoms with Crippen LogP contribution < -0.4 is 0 Å². The normalized spacial score (nSPS) is 16.9. The molecular formula is C72H58. The predicted molar refractivity (Wildman–Crippen MR) is 308 cm³/mol. The topological polar surface area (TPSA) is 0 Å². The molecule has 0 heterocycles. The molecule has 0 aromatic heterocycles. The molecule has 72 heavy (non-hydrogen) atoms. The fourth-order valence-electron chi connectivity index (χ4n) is 13.1. The standard InChI is InChI=1S/C72H58/c1-70(2,3)55-37-53-24-23-48-25-31-58(63-36-30-54(38-55)68(53)69(48)63)47-21-17-44(18-22-47)50-27-33-60-62-35-29-52(42-67(62)72(6,7)65(60)40-50)51-28-34-61-59-32-26-49(39-64(59)71(4,5)66(61)41-51)43-15-19-46(20-16-43)57-14-10-12-45-11-8-9-13-56(45)57/h8-10,12-42,45H,11H2,1-7H3. The fourth-order valence-corrected chi connectivity index (χ4v) is 13.1. The summed E-state index contributed by atoms with van der Waals surface area (Å²) in [7, 11) is 0. The van der Waals surface area contributed by atoms with Crippen LogP contribution in [0.25, 0.3) is 105 Å². The number of allylic oxidation sites excluding steroid dienone is 8. The molecule has 10 aromatic rings. The lowest BCUT2D eigenvalue weighted by Gasteiger charge is -2.24. The van der Waals surface area contributed by atoms with Crippen molar-refractivity contribution in [3.05, 3.63) is 245 Å². The zero-order valence-electron chi connectivity index (χ0n) is 42.4. The van der Waals surface area contributed by atoms with Gasteiger partial charge in [-0.1, -0.05) is 231 Å². The summed E-state index contributed by atoms with van der Waals surface area (Å²) in [5.74, 6) is 0.481. The third-order valence-electron chi connectivity index (χ3n) is 17.3. The van der Waals surface area contributed by atoms with Crippen LogP contribution in [-0.4, -0.2) is 0 Å². The van der Waals surface area contributed by atoms with Crippen LogP contribution in [-0.2, 0) is 16.2 Å². The first-order valence-electron chi connectivity index (χ1n) is 26.1. The van der Waals surface area contributed by atoms with Crippen molar-refractivity contribution in [2.75, 3.05) is 0 Å². The van der Waals surface area contributed by atoms with Crippen LogP contribution in [0.15, 0.2) is 212 Å². The van der Waals surface area contributed by atoms with E-state index in [9.17, 15) is 0 Å². The van der Waals surface area contributed by atoms with Crippen LogP contribution in [0.3, 0.4) is 0 Å². The molecule has 14 rings (SSSR count). The quantitative estimate of drug-likeness (QED) is 0.151. The van der Waals surface area contributed by atoms with Crippen molar-refractivity contribution in [2.45, 2.75) is 71.1 Å². The lowest BCUT2D eigenvalue weighted by Crippen LogP contribution is -2.15. The van der Waals surface area contributed by atoms with E-state index in [0.717, 1.165) is 6.42 Å². The van der Waals surface area contributed by atoms with E-state index in [2.05, 4.69) is 255 Å². The van der Waals surface area contributed by atoms with Crippen molar-refractivity contribution < 1.29 is 0 Å². The van der Waals surface area contributed by atoms with Gasteiger partial charge in [0.2, 0.25) is 0 Å². The largest absolute Gasteiger partial charge is 0.0836 e. The third-order valence-corrected chi connectivity index (χ3v) is 17.3. The molecule has 1 atom stereocenters. The molecule has 0 aliphatic heterocycles. The van der Waals surface area contributed by atoms with Gasteiger partial charge in [-0.25, -0.2) is 0 Å². The second-order valence-corrected chi connectivity index (χ2v) is 23.2. The molecule has 4 aliphatic carbocycles. The van der Waals surface area contributed by atoms with Gasteiger partial charge in [-0.05, 0) is 180 Å². The van der Waals surface area contributed by atoms with Gasteiger partial charge in [0.25, 0.3) is 0 Å². The Kier molecular flexibility index (Phi) is 9.17. The Morgan fingerprint density at radius 2 is 0.819 bits per heavy atom. The summed E-state index contributed by atoms with van der Waals surface area (Å²) < 4.78 is 0. The zero-order valence-corrected chi connectivity index (χ0v) is 42.4. The number of hydrogen-bond acceptors (Lipinski definition) is 0. The number of rotatable bonds is 5. The molecule has 0 bridgehead atoms. The summed E-state index contributed by atoms with van der Waals surface area (Å²) in [5, 5.41) is 8.01. The third kappa shape index (κ3) is 6.44.